The van der Waals surface area contributed by atoms with Gasteiger partial charge < -0.3 is 10.2 Å². The first-order valence-electron chi connectivity index (χ1n) is 6.72. The van der Waals surface area contributed by atoms with E-state index in [1.807, 2.05) is 0 Å². The molecular weight excluding hydrogens is 198 g/mol. The van der Waals surface area contributed by atoms with Gasteiger partial charge in [-0.2, -0.15) is 0 Å². The molecule has 94 valence electrons. The van der Waals surface area contributed by atoms with Crippen LogP contribution in [0, 0.1) is 5.41 Å². The fourth-order valence-corrected chi connectivity index (χ4v) is 2.87. The second-order valence-corrected chi connectivity index (χ2v) is 6.20. The van der Waals surface area contributed by atoms with Gasteiger partial charge in [-0.25, -0.2) is 0 Å². The van der Waals surface area contributed by atoms with Crippen LogP contribution < -0.4 is 5.32 Å². The van der Waals surface area contributed by atoms with Crippen molar-refractivity contribution < 1.29 is 0 Å². The van der Waals surface area contributed by atoms with Crippen LogP contribution >= 0.6 is 0 Å². The Morgan fingerprint density at radius 2 is 1.88 bits per heavy atom. The molecule has 0 saturated carbocycles. The fraction of sp³-hybridized carbons (Fsp3) is 1.00. The van der Waals surface area contributed by atoms with Crippen molar-refractivity contribution in [1.82, 2.24) is 15.1 Å². The van der Waals surface area contributed by atoms with Gasteiger partial charge in [0.05, 0.1) is 0 Å². The highest BCUT2D eigenvalue weighted by atomic mass is 15.3. The summed E-state index contributed by atoms with van der Waals surface area (Å²) in [4.78, 5) is 5.06. The van der Waals surface area contributed by atoms with Crippen molar-refractivity contribution in [3.8, 4) is 0 Å². The zero-order valence-corrected chi connectivity index (χ0v) is 11.1. The zero-order chi connectivity index (χ0) is 11.6. The highest BCUT2D eigenvalue weighted by Gasteiger charge is 2.33. The van der Waals surface area contributed by atoms with E-state index in [4.69, 9.17) is 0 Å². The quantitative estimate of drug-likeness (QED) is 0.757. The molecule has 0 amide bonds. The number of hydrogen-bond donors (Lipinski definition) is 1. The van der Waals surface area contributed by atoms with E-state index in [1.54, 1.807) is 0 Å². The van der Waals surface area contributed by atoms with Crippen LogP contribution in [0.1, 0.15) is 26.7 Å². The van der Waals surface area contributed by atoms with Gasteiger partial charge in [-0.3, -0.25) is 4.90 Å². The van der Waals surface area contributed by atoms with Crippen LogP contribution in [-0.2, 0) is 0 Å². The minimum Gasteiger partial charge on any atom is -0.312 e. The van der Waals surface area contributed by atoms with Crippen LogP contribution in [0.2, 0.25) is 0 Å². The molecule has 2 fully saturated rings. The zero-order valence-electron chi connectivity index (χ0n) is 11.1. The van der Waals surface area contributed by atoms with Crippen molar-refractivity contribution in [2.75, 3.05) is 46.3 Å². The maximum Gasteiger partial charge on any atom is 0.0246 e. The van der Waals surface area contributed by atoms with Gasteiger partial charge in [0.15, 0.2) is 0 Å². The van der Waals surface area contributed by atoms with E-state index in [-0.39, 0.29) is 0 Å². The highest BCUT2D eigenvalue weighted by Crippen LogP contribution is 2.30. The minimum atomic E-state index is 0.474. The third kappa shape index (κ3) is 2.96. The number of piperazine rings is 1. The van der Waals surface area contributed by atoms with Crippen molar-refractivity contribution in [2.45, 2.75) is 32.7 Å². The third-order valence-corrected chi connectivity index (χ3v) is 4.37. The number of nitrogens with one attached hydrogen (secondary N) is 1. The van der Waals surface area contributed by atoms with E-state index in [0.29, 0.717) is 11.5 Å². The van der Waals surface area contributed by atoms with Crippen LogP contribution in [0.4, 0.5) is 0 Å². The molecular formula is C13H27N3. The van der Waals surface area contributed by atoms with Crippen molar-refractivity contribution >= 4 is 0 Å². The Hall–Kier alpha value is -0.120. The first kappa shape index (κ1) is 12.3. The largest absolute Gasteiger partial charge is 0.312 e. The molecule has 3 nitrogen and oxygen atoms in total. The van der Waals surface area contributed by atoms with E-state index in [9.17, 15) is 0 Å². The van der Waals surface area contributed by atoms with E-state index in [0.717, 1.165) is 0 Å². The molecule has 2 rings (SSSR count). The first-order chi connectivity index (χ1) is 7.58. The molecule has 2 aliphatic rings. The van der Waals surface area contributed by atoms with Gasteiger partial charge in [0.25, 0.3) is 0 Å². The van der Waals surface area contributed by atoms with Crippen LogP contribution in [0.15, 0.2) is 0 Å². The van der Waals surface area contributed by atoms with Gasteiger partial charge in [0.2, 0.25) is 0 Å². The lowest BCUT2D eigenvalue weighted by Gasteiger charge is -2.43. The summed E-state index contributed by atoms with van der Waals surface area (Å²) in [6.07, 6.45) is 2.71. The van der Waals surface area contributed by atoms with Crippen molar-refractivity contribution in [3.63, 3.8) is 0 Å². The summed E-state index contributed by atoms with van der Waals surface area (Å²) in [5, 5.41) is 3.71. The highest BCUT2D eigenvalue weighted by molar-refractivity contribution is 4.90. The number of nitrogens with zero attached hydrogens (tertiary/aromatic N) is 2. The maximum absolute atomic E-state index is 3.71. The molecule has 0 spiro atoms. The first-order valence-corrected chi connectivity index (χ1v) is 6.72. The van der Waals surface area contributed by atoms with Crippen LogP contribution in [0.5, 0.6) is 0 Å². The maximum atomic E-state index is 3.71. The molecule has 2 saturated heterocycles. The Morgan fingerprint density at radius 1 is 1.19 bits per heavy atom. The van der Waals surface area contributed by atoms with Crippen molar-refractivity contribution in [1.29, 1.82) is 0 Å². The summed E-state index contributed by atoms with van der Waals surface area (Å²) >= 11 is 0. The summed E-state index contributed by atoms with van der Waals surface area (Å²) < 4.78 is 0. The second-order valence-electron chi connectivity index (χ2n) is 6.20. The molecule has 2 aliphatic heterocycles. The fourth-order valence-electron chi connectivity index (χ4n) is 2.87. The molecule has 1 atom stereocenters. The smallest absolute Gasteiger partial charge is 0.0246 e. The molecule has 0 bridgehead atoms. The molecule has 1 unspecified atom stereocenters. The van der Waals surface area contributed by atoms with E-state index in [2.05, 4.69) is 36.0 Å². The molecule has 2 heterocycles. The minimum absolute atomic E-state index is 0.474. The Kier molecular flexibility index (Phi) is 3.88. The van der Waals surface area contributed by atoms with Crippen LogP contribution in [0.25, 0.3) is 0 Å². The van der Waals surface area contributed by atoms with Gasteiger partial charge in [0, 0.05) is 38.8 Å². The Bertz CT molecular complexity index is 219. The van der Waals surface area contributed by atoms with E-state index >= 15 is 0 Å². The molecule has 3 heteroatoms. The summed E-state index contributed by atoms with van der Waals surface area (Å²) in [7, 11) is 2.22. The molecule has 0 radical (unpaired) electrons. The number of likely N-dealkylation sites (N-methyl/N-ethyl adjacent to an activating group) is 1. The van der Waals surface area contributed by atoms with Crippen LogP contribution in [-0.4, -0.2) is 62.2 Å². The van der Waals surface area contributed by atoms with E-state index < -0.39 is 0 Å². The summed E-state index contributed by atoms with van der Waals surface area (Å²) in [5.74, 6) is 0. The topological polar surface area (TPSA) is 18.5 Å². The van der Waals surface area contributed by atoms with Crippen LogP contribution in [0.3, 0.4) is 0 Å². The van der Waals surface area contributed by atoms with Gasteiger partial charge in [0.1, 0.15) is 0 Å². The summed E-state index contributed by atoms with van der Waals surface area (Å²) in [6, 6.07) is 0.685. The monoisotopic (exact) mass is 225 g/mol. The molecule has 0 aromatic heterocycles. The van der Waals surface area contributed by atoms with E-state index in [1.165, 1.54) is 52.1 Å². The van der Waals surface area contributed by atoms with Gasteiger partial charge in [-0.05, 0) is 31.8 Å². The Labute approximate surface area is 100 Å². The second kappa shape index (κ2) is 5.03. The summed E-state index contributed by atoms with van der Waals surface area (Å²) in [6.45, 7) is 12.2. The standard InChI is InChI=1S/C13H27N3/c1-13(2)5-4-6-14-12(13)11-16-9-7-15(3)8-10-16/h12,14H,4-11H2,1-3H3. The van der Waals surface area contributed by atoms with Gasteiger partial charge >= 0.3 is 0 Å². The number of hydrogen-bond acceptors (Lipinski definition) is 3. The van der Waals surface area contributed by atoms with Crippen molar-refractivity contribution in [3.05, 3.63) is 0 Å². The molecule has 0 aromatic rings. The van der Waals surface area contributed by atoms with Gasteiger partial charge in [-0.15, -0.1) is 0 Å². The lowest BCUT2D eigenvalue weighted by molar-refractivity contribution is 0.0930. The molecule has 0 aliphatic carbocycles. The summed E-state index contributed by atoms with van der Waals surface area (Å²) in [5.41, 5.74) is 0.474. The number of rotatable bonds is 2. The lowest BCUT2D eigenvalue weighted by atomic mass is 9.77. The normalized spacial score (nSPS) is 32.8. The number of piperidine rings is 1. The lowest BCUT2D eigenvalue weighted by Crippen LogP contribution is -2.55. The predicted molar refractivity (Wildman–Crippen MR) is 68.7 cm³/mol. The Morgan fingerprint density at radius 3 is 2.50 bits per heavy atom. The third-order valence-electron chi connectivity index (χ3n) is 4.37. The molecule has 1 N–H and O–H groups in total. The van der Waals surface area contributed by atoms with Crippen molar-refractivity contribution in [2.24, 2.45) is 5.41 Å². The average molecular weight is 225 g/mol. The predicted octanol–water partition coefficient (Wildman–Crippen LogP) is 1.01. The SMILES string of the molecule is CN1CCN(CC2NCCCC2(C)C)CC1. The molecule has 0 aromatic carbocycles. The van der Waals surface area contributed by atoms with Gasteiger partial charge in [-0.1, -0.05) is 13.8 Å². The average Bonchev–Trinajstić information content (AvgIpc) is 2.24. The molecule has 16 heavy (non-hydrogen) atoms. The Balaban J connectivity index is 1.84.